The summed E-state index contributed by atoms with van der Waals surface area (Å²) in [7, 11) is 0. The number of halogens is 15. The Labute approximate surface area is 371 Å². The molecule has 7 nitrogen and oxygen atoms in total. The van der Waals surface area contributed by atoms with Crippen LogP contribution in [-0.4, -0.2) is 36.2 Å². The molecule has 1 N–H and O–H groups in total. The van der Waals surface area contributed by atoms with E-state index in [1.165, 1.54) is 0 Å². The van der Waals surface area contributed by atoms with Gasteiger partial charge in [0.25, 0.3) is 0 Å². The predicted octanol–water partition coefficient (Wildman–Crippen LogP) is 8.15. The number of nitrogens with one attached hydrogen (secondary N) is 1. The molecule has 0 aliphatic carbocycles. The molecule has 5 aromatic rings. The summed E-state index contributed by atoms with van der Waals surface area (Å²) in [5.74, 6) is -40.3. The largest absolute Gasteiger partial charge is 3.00 e. The van der Waals surface area contributed by atoms with Crippen molar-refractivity contribution in [2.45, 2.75) is 12.8 Å². The molecule has 0 saturated carbocycles. The number of fused-ring (bicyclic) bond motifs is 7. The Balaban J connectivity index is 0.000000858. The molecular formula is C43H15F15GaN5O2. The second kappa shape index (κ2) is 17.7. The van der Waals surface area contributed by atoms with Crippen molar-refractivity contribution < 1.29 is 76.1 Å². The summed E-state index contributed by atoms with van der Waals surface area (Å²) in [6.45, 7) is 0. The molecule has 0 spiro atoms. The maximum Gasteiger partial charge on any atom is 3.00 e. The van der Waals surface area contributed by atoms with Crippen molar-refractivity contribution in [3.63, 3.8) is 0 Å². The monoisotopic (exact) mass is 987 g/mol. The van der Waals surface area contributed by atoms with E-state index in [0.29, 0.717) is 18.2 Å². The molecule has 2 aromatic heterocycles. The van der Waals surface area contributed by atoms with E-state index in [4.69, 9.17) is 0 Å². The van der Waals surface area contributed by atoms with E-state index in [1.54, 1.807) is 12.4 Å². The zero-order valence-corrected chi connectivity index (χ0v) is 34.5. The van der Waals surface area contributed by atoms with Crippen LogP contribution in [0.3, 0.4) is 0 Å². The molecule has 3 aromatic carbocycles. The van der Waals surface area contributed by atoms with Gasteiger partial charge < -0.3 is 20.5 Å². The van der Waals surface area contributed by atoms with Crippen molar-refractivity contribution in [3.8, 4) is 0 Å². The zero-order valence-electron chi connectivity index (χ0n) is 32.0. The maximum atomic E-state index is 15.6. The fourth-order valence-electron chi connectivity index (χ4n) is 7.13. The molecule has 8 bridgehead atoms. The number of hydrogen-bond donors (Lipinski definition) is 1. The quantitative estimate of drug-likeness (QED) is 0.0646. The minimum atomic E-state index is -2.67. The van der Waals surface area contributed by atoms with Crippen molar-refractivity contribution in [2.75, 3.05) is 0 Å². The third kappa shape index (κ3) is 7.49. The predicted molar refractivity (Wildman–Crippen MR) is 200 cm³/mol. The number of aromatic nitrogens is 2. The third-order valence-corrected chi connectivity index (χ3v) is 10.0. The van der Waals surface area contributed by atoms with Crippen LogP contribution < -0.4 is 20.5 Å². The molecule has 4 aliphatic heterocycles. The van der Waals surface area contributed by atoms with Gasteiger partial charge in [0.05, 0.1) is 33.8 Å². The first-order valence-corrected chi connectivity index (χ1v) is 18.0. The van der Waals surface area contributed by atoms with Crippen LogP contribution in [0.1, 0.15) is 40.9 Å². The van der Waals surface area contributed by atoms with Crippen LogP contribution in [0.5, 0.6) is 0 Å². The fourth-order valence-corrected chi connectivity index (χ4v) is 7.13. The molecule has 4 aliphatic rings. The Morgan fingerprint density at radius 2 is 0.924 bits per heavy atom. The smallest absolute Gasteiger partial charge is 0.883 e. The van der Waals surface area contributed by atoms with Gasteiger partial charge in [0.1, 0.15) is 0 Å². The second-order valence-corrected chi connectivity index (χ2v) is 13.7. The van der Waals surface area contributed by atoms with E-state index >= 15 is 26.3 Å². The fraction of sp³-hybridized carbons (Fsp3) is 0.0465. The number of pyridine rings is 1. The van der Waals surface area contributed by atoms with Gasteiger partial charge in [-0.3, -0.25) is 4.98 Å². The van der Waals surface area contributed by atoms with E-state index in [1.807, 2.05) is 18.2 Å². The van der Waals surface area contributed by atoms with Crippen LogP contribution in [0.15, 0.2) is 99.5 Å². The average Bonchev–Trinajstić information content (AvgIpc) is 4.15. The summed E-state index contributed by atoms with van der Waals surface area (Å²) in [6.07, 6.45) is 4.17. The summed E-state index contributed by atoms with van der Waals surface area (Å²) >= 11 is 0. The first-order chi connectivity index (χ1) is 30.8. The van der Waals surface area contributed by atoms with Gasteiger partial charge in [-0.2, -0.15) is 5.95 Å². The summed E-state index contributed by atoms with van der Waals surface area (Å²) < 4.78 is 225. The van der Waals surface area contributed by atoms with E-state index in [-0.39, 0.29) is 19.8 Å². The number of aliphatic imine (C=N–C) groups is 2. The number of benzene rings is 3. The van der Waals surface area contributed by atoms with Crippen LogP contribution in [0.25, 0.3) is 22.4 Å². The molecule has 1 saturated heterocycles. The van der Waals surface area contributed by atoms with Gasteiger partial charge in [-0.05, 0) is 54.3 Å². The third-order valence-electron chi connectivity index (χ3n) is 10.0. The van der Waals surface area contributed by atoms with Gasteiger partial charge in [0.2, 0.25) is 17.5 Å². The topological polar surface area (TPSA) is 110 Å². The minimum Gasteiger partial charge on any atom is -0.883 e. The minimum absolute atomic E-state index is 0. The van der Waals surface area contributed by atoms with Crippen molar-refractivity contribution >= 4 is 53.6 Å². The Kier molecular flexibility index (Phi) is 12.5. The Morgan fingerprint density at radius 3 is 1.36 bits per heavy atom. The van der Waals surface area contributed by atoms with Crippen LogP contribution in [0.2, 0.25) is 0 Å². The Morgan fingerprint density at radius 1 is 0.500 bits per heavy atom. The number of hydrogen-bond acceptors (Lipinski definition) is 6. The van der Waals surface area contributed by atoms with E-state index in [2.05, 4.69) is 25.3 Å². The zero-order chi connectivity index (χ0) is 46.9. The summed E-state index contributed by atoms with van der Waals surface area (Å²) in [5.41, 5.74) is -15.9. The standard InChI is InChI=1S/C38H12F15N4O2.C5H5N.Ga/c39-22-19(23(40)29(46)34(51)28(22)45)16-10-2-1-9(54-10)15-7-8(38(58)59)37(57-15)18(21-26(43)32(49)36(53)33(50)27(21)44)14-6-5-13(56-14)17(12-4-3-11(16)55-12)20-24(41)30(47)35(52)31(48)25(20)42;1-2-4-6-5-3-1;/h1-2,5-7H,3-4H2,(H3-,54,55,56,57,58,59);1-5H;/q-1;;+3/p-2. The summed E-state index contributed by atoms with van der Waals surface area (Å²) in [5, 5.41) is 27.4. The van der Waals surface area contributed by atoms with Crippen molar-refractivity contribution in [2.24, 2.45) is 9.98 Å². The molecule has 23 heteroatoms. The molecule has 1 fully saturated rings. The van der Waals surface area contributed by atoms with Crippen LogP contribution >= 0.6 is 0 Å². The van der Waals surface area contributed by atoms with Crippen molar-refractivity contribution in [1.29, 1.82) is 0 Å². The molecular weight excluding hydrogens is 973 g/mol. The van der Waals surface area contributed by atoms with Gasteiger partial charge in [0, 0.05) is 40.6 Å². The van der Waals surface area contributed by atoms with Gasteiger partial charge in [-0.15, -0.1) is 11.4 Å². The van der Waals surface area contributed by atoms with Gasteiger partial charge in [-0.1, -0.05) is 18.2 Å². The molecule has 0 atom stereocenters. The number of rotatable bonds is 3. The molecule has 0 amide bonds. The Bertz CT molecular complexity index is 3090. The summed E-state index contributed by atoms with van der Waals surface area (Å²) in [6, 6.07) is 7.52. The SMILES string of the molecule is [Ga+3].[O-]C([O-])=C1C=C2N=C1C(c1c(F)c(F)c(F)c(F)c1F)=C1C=CC(=N1)C(c1c(F)c(F)c(F)c(F)c1F)=C1CCC(=C(c3c(F)c(F)c(F)c(F)c3F)c3ccc2[n-]3)N1.c1ccncc1. The van der Waals surface area contributed by atoms with Crippen molar-refractivity contribution in [3.05, 3.63) is 205 Å². The van der Waals surface area contributed by atoms with Gasteiger partial charge in [0.15, 0.2) is 69.8 Å². The van der Waals surface area contributed by atoms with Crippen LogP contribution in [0, 0.1) is 87.3 Å². The number of allylic oxidation sites excluding steroid dienone is 8. The molecule has 6 heterocycles. The van der Waals surface area contributed by atoms with Crippen LogP contribution in [0.4, 0.5) is 65.9 Å². The molecule has 9 rings (SSSR count). The normalized spacial score (nSPS) is 15.2. The number of nitrogens with zero attached hydrogens (tertiary/aromatic N) is 4. The van der Waals surface area contributed by atoms with Crippen molar-refractivity contribution in [1.82, 2.24) is 15.3 Å². The van der Waals surface area contributed by atoms with Gasteiger partial charge in [-0.25, -0.2) is 75.8 Å². The van der Waals surface area contributed by atoms with E-state index in [9.17, 15) is 49.7 Å². The molecule has 0 radical (unpaired) electrons. The second-order valence-electron chi connectivity index (χ2n) is 13.7. The average molecular weight is 988 g/mol. The first kappa shape index (κ1) is 46.8. The molecule has 66 heavy (non-hydrogen) atoms. The molecule has 0 unspecified atom stereocenters. The Hall–Kier alpha value is -7.14. The van der Waals surface area contributed by atoms with E-state index in [0.717, 1.165) is 12.1 Å². The summed E-state index contributed by atoms with van der Waals surface area (Å²) in [4.78, 5) is 15.7. The molecule has 332 valence electrons. The van der Waals surface area contributed by atoms with Gasteiger partial charge >= 0.3 is 19.8 Å². The van der Waals surface area contributed by atoms with E-state index < -0.39 is 191 Å². The first-order valence-electron chi connectivity index (χ1n) is 18.0. The maximum absolute atomic E-state index is 15.6. The van der Waals surface area contributed by atoms with Crippen LogP contribution in [-0.2, 0) is 0 Å².